The molecule has 8 heteroatoms. The number of hydrogen-bond donors (Lipinski definition) is 2. The summed E-state index contributed by atoms with van der Waals surface area (Å²) in [5, 5.41) is 9.77. The first kappa shape index (κ1) is 22.0. The Hall–Kier alpha value is -4.20. The summed E-state index contributed by atoms with van der Waals surface area (Å²) in [6.45, 7) is 2.81. The van der Waals surface area contributed by atoms with Crippen molar-refractivity contribution in [3.8, 4) is 17.1 Å². The van der Waals surface area contributed by atoms with E-state index in [1.807, 2.05) is 60.7 Å². The molecule has 0 fully saturated rings. The second kappa shape index (κ2) is 10.9. The SMILES string of the molecule is CCCCOc1ccc(NC(=O)Nc2ccccc2Cc2nc(-c3ccncc3)no2)cc1. The van der Waals surface area contributed by atoms with Crippen LogP contribution in [0.25, 0.3) is 11.4 Å². The van der Waals surface area contributed by atoms with Gasteiger partial charge in [-0.3, -0.25) is 4.98 Å². The molecule has 0 aliphatic rings. The molecule has 0 aliphatic carbocycles. The predicted octanol–water partition coefficient (Wildman–Crippen LogP) is 5.55. The number of ether oxygens (including phenoxy) is 1. The molecule has 2 amide bonds. The van der Waals surface area contributed by atoms with E-state index >= 15 is 0 Å². The first-order valence-electron chi connectivity index (χ1n) is 10.8. The lowest BCUT2D eigenvalue weighted by atomic mass is 10.1. The number of benzene rings is 2. The third-order valence-corrected chi connectivity index (χ3v) is 4.89. The number of nitrogens with zero attached hydrogens (tertiary/aromatic N) is 3. The van der Waals surface area contributed by atoms with E-state index in [1.165, 1.54) is 0 Å². The van der Waals surface area contributed by atoms with Crippen LogP contribution in [0.5, 0.6) is 5.75 Å². The van der Waals surface area contributed by atoms with Crippen molar-refractivity contribution in [3.05, 3.63) is 84.5 Å². The van der Waals surface area contributed by atoms with Gasteiger partial charge in [-0.05, 0) is 54.4 Å². The van der Waals surface area contributed by atoms with E-state index in [2.05, 4.69) is 32.7 Å². The highest BCUT2D eigenvalue weighted by molar-refractivity contribution is 6.00. The topological polar surface area (TPSA) is 102 Å². The molecule has 0 bridgehead atoms. The molecule has 4 aromatic rings. The van der Waals surface area contributed by atoms with Crippen LogP contribution >= 0.6 is 0 Å². The van der Waals surface area contributed by atoms with Crippen molar-refractivity contribution in [1.82, 2.24) is 15.1 Å². The lowest BCUT2D eigenvalue weighted by molar-refractivity contribution is 0.262. The van der Waals surface area contributed by atoms with Crippen LogP contribution in [0.4, 0.5) is 16.2 Å². The first-order chi connectivity index (χ1) is 16.2. The van der Waals surface area contributed by atoms with Gasteiger partial charge in [-0.25, -0.2) is 4.79 Å². The van der Waals surface area contributed by atoms with E-state index in [1.54, 1.807) is 12.4 Å². The predicted molar refractivity (Wildman–Crippen MR) is 126 cm³/mol. The van der Waals surface area contributed by atoms with Crippen molar-refractivity contribution in [3.63, 3.8) is 0 Å². The van der Waals surface area contributed by atoms with E-state index < -0.39 is 0 Å². The Balaban J connectivity index is 1.37. The van der Waals surface area contributed by atoms with Gasteiger partial charge in [0.05, 0.1) is 13.0 Å². The van der Waals surface area contributed by atoms with Crippen LogP contribution in [-0.2, 0) is 6.42 Å². The number of aromatic nitrogens is 3. The molecule has 0 saturated heterocycles. The van der Waals surface area contributed by atoms with Crippen molar-refractivity contribution in [2.45, 2.75) is 26.2 Å². The molecule has 2 aromatic heterocycles. The maximum atomic E-state index is 12.6. The second-order valence-corrected chi connectivity index (χ2v) is 7.39. The zero-order valence-corrected chi connectivity index (χ0v) is 18.3. The van der Waals surface area contributed by atoms with Gasteiger partial charge in [0.25, 0.3) is 0 Å². The molecule has 0 aliphatic heterocycles. The van der Waals surface area contributed by atoms with Crippen molar-refractivity contribution in [2.75, 3.05) is 17.2 Å². The molecule has 2 heterocycles. The summed E-state index contributed by atoms with van der Waals surface area (Å²) < 4.78 is 11.1. The highest BCUT2D eigenvalue weighted by Crippen LogP contribution is 2.22. The summed E-state index contributed by atoms with van der Waals surface area (Å²) in [5.74, 6) is 1.73. The molecule has 0 saturated carbocycles. The number of hydrogen-bond acceptors (Lipinski definition) is 6. The van der Waals surface area contributed by atoms with Crippen LogP contribution in [0.2, 0.25) is 0 Å². The van der Waals surface area contributed by atoms with Crippen LogP contribution in [-0.4, -0.2) is 27.8 Å². The largest absolute Gasteiger partial charge is 0.494 e. The number of amides is 2. The van der Waals surface area contributed by atoms with E-state index in [4.69, 9.17) is 9.26 Å². The Morgan fingerprint density at radius 2 is 1.79 bits per heavy atom. The van der Waals surface area contributed by atoms with Gasteiger partial charge in [0.1, 0.15) is 5.75 Å². The van der Waals surface area contributed by atoms with Crippen LogP contribution in [0.15, 0.2) is 77.6 Å². The molecule has 2 N–H and O–H groups in total. The van der Waals surface area contributed by atoms with Crippen LogP contribution in [0.3, 0.4) is 0 Å². The molecule has 4 rings (SSSR count). The van der Waals surface area contributed by atoms with Crippen molar-refractivity contribution in [2.24, 2.45) is 0 Å². The van der Waals surface area contributed by atoms with E-state index in [0.29, 0.717) is 36.1 Å². The summed E-state index contributed by atoms with van der Waals surface area (Å²) in [5.41, 5.74) is 3.02. The molecule has 8 nitrogen and oxygen atoms in total. The second-order valence-electron chi connectivity index (χ2n) is 7.39. The Labute approximate surface area is 192 Å². The van der Waals surface area contributed by atoms with E-state index in [9.17, 15) is 4.79 Å². The standard InChI is InChI=1S/C25H25N5O3/c1-2-3-16-32-21-10-8-20(9-11-21)27-25(31)28-22-7-5-4-6-19(22)17-23-29-24(30-33-23)18-12-14-26-15-13-18/h4-15H,2-3,16-17H2,1H3,(H2,27,28,31). The lowest BCUT2D eigenvalue weighted by Crippen LogP contribution is -2.20. The highest BCUT2D eigenvalue weighted by atomic mass is 16.5. The van der Waals surface area contributed by atoms with Crippen molar-refractivity contribution < 1.29 is 14.1 Å². The molecular weight excluding hydrogens is 418 g/mol. The summed E-state index contributed by atoms with van der Waals surface area (Å²) in [6.07, 6.45) is 5.83. The van der Waals surface area contributed by atoms with Gasteiger partial charge >= 0.3 is 6.03 Å². The number of nitrogens with one attached hydrogen (secondary N) is 2. The molecule has 33 heavy (non-hydrogen) atoms. The average molecular weight is 444 g/mol. The van der Waals surface area contributed by atoms with Crippen molar-refractivity contribution >= 4 is 17.4 Å². The van der Waals surface area contributed by atoms with E-state index in [0.717, 1.165) is 29.7 Å². The smallest absolute Gasteiger partial charge is 0.323 e. The molecule has 0 unspecified atom stereocenters. The summed E-state index contributed by atoms with van der Waals surface area (Å²) in [7, 11) is 0. The fourth-order valence-corrected chi connectivity index (χ4v) is 3.16. The third kappa shape index (κ3) is 6.16. The fourth-order valence-electron chi connectivity index (χ4n) is 3.16. The minimum atomic E-state index is -0.342. The molecule has 2 aromatic carbocycles. The van der Waals surface area contributed by atoms with Gasteiger partial charge in [0, 0.05) is 29.3 Å². The van der Waals surface area contributed by atoms with Gasteiger partial charge < -0.3 is 19.9 Å². The quantitative estimate of drug-likeness (QED) is 0.329. The lowest BCUT2D eigenvalue weighted by Gasteiger charge is -2.11. The van der Waals surface area contributed by atoms with Gasteiger partial charge in [-0.15, -0.1) is 0 Å². The maximum Gasteiger partial charge on any atom is 0.323 e. The van der Waals surface area contributed by atoms with Gasteiger partial charge in [-0.2, -0.15) is 4.98 Å². The molecule has 0 atom stereocenters. The summed E-state index contributed by atoms with van der Waals surface area (Å²) in [4.78, 5) is 21.0. The van der Waals surface area contributed by atoms with Gasteiger partial charge in [0.2, 0.25) is 11.7 Å². The number of pyridine rings is 1. The monoisotopic (exact) mass is 443 g/mol. The highest BCUT2D eigenvalue weighted by Gasteiger charge is 2.13. The summed E-state index contributed by atoms with van der Waals surface area (Å²) >= 11 is 0. The Morgan fingerprint density at radius 1 is 1.00 bits per heavy atom. The molecular formula is C25H25N5O3. The zero-order valence-electron chi connectivity index (χ0n) is 18.3. The number of rotatable bonds is 9. The molecule has 0 radical (unpaired) electrons. The Kier molecular flexibility index (Phi) is 7.27. The average Bonchev–Trinajstić information content (AvgIpc) is 3.31. The van der Waals surface area contributed by atoms with Crippen LogP contribution in [0.1, 0.15) is 31.2 Å². The number of urea groups is 1. The number of anilines is 2. The number of unbranched alkanes of at least 4 members (excludes halogenated alkanes) is 1. The number of carbonyl (C=O) groups excluding carboxylic acids is 1. The van der Waals surface area contributed by atoms with E-state index in [-0.39, 0.29) is 6.03 Å². The van der Waals surface area contributed by atoms with Crippen molar-refractivity contribution in [1.29, 1.82) is 0 Å². The molecule has 168 valence electrons. The maximum absolute atomic E-state index is 12.6. The Morgan fingerprint density at radius 3 is 2.58 bits per heavy atom. The third-order valence-electron chi connectivity index (χ3n) is 4.89. The normalized spacial score (nSPS) is 10.6. The van der Waals surface area contributed by atoms with Gasteiger partial charge in [-0.1, -0.05) is 36.7 Å². The molecule has 0 spiro atoms. The van der Waals surface area contributed by atoms with Crippen LogP contribution in [0, 0.1) is 0 Å². The minimum absolute atomic E-state index is 0.342. The first-order valence-corrected chi connectivity index (χ1v) is 10.8. The minimum Gasteiger partial charge on any atom is -0.494 e. The zero-order chi connectivity index (χ0) is 22.9. The number of para-hydroxylation sites is 1. The summed E-state index contributed by atoms with van der Waals surface area (Å²) in [6, 6.07) is 18.1. The van der Waals surface area contributed by atoms with Gasteiger partial charge in [0.15, 0.2) is 0 Å². The van der Waals surface area contributed by atoms with Crippen LogP contribution < -0.4 is 15.4 Å². The fraction of sp³-hybridized carbons (Fsp3) is 0.200. The Bertz CT molecular complexity index is 1180. The number of carbonyl (C=O) groups is 1.